The highest BCUT2D eigenvalue weighted by molar-refractivity contribution is 5.97. The maximum atomic E-state index is 3.84. The molecule has 7 aromatic rings. The molecule has 7 aromatic carbocycles. The summed E-state index contributed by atoms with van der Waals surface area (Å²) in [6.07, 6.45) is 1.16. The van der Waals surface area contributed by atoms with Crippen molar-refractivity contribution in [1.82, 2.24) is 0 Å². The molecule has 61 heavy (non-hydrogen) atoms. The van der Waals surface area contributed by atoms with Gasteiger partial charge in [-0.3, -0.25) is 0 Å². The highest BCUT2D eigenvalue weighted by Crippen LogP contribution is 2.44. The molecule has 7 rings (SSSR count). The fourth-order valence-corrected chi connectivity index (χ4v) is 9.44. The van der Waals surface area contributed by atoms with Crippen LogP contribution in [-0.2, 0) is 6.54 Å². The SMILES string of the molecule is Cc1cc(C)c(Nc2ccc(C(c3ccc(Nc4c(C)cc(C)cc4C)cc3)c3ccc(NCc4ccc(C(CC(C)(C)C)C(C)(C)C)cc4)c4ccccc34)cc2)c(C)c1. The number of anilines is 5. The fraction of sp³-hybridized carbons (Fsp3) is 0.310. The van der Waals surface area contributed by atoms with Crippen molar-refractivity contribution >= 4 is 39.2 Å². The van der Waals surface area contributed by atoms with Crippen LogP contribution in [-0.4, -0.2) is 0 Å². The van der Waals surface area contributed by atoms with Gasteiger partial charge in [-0.05, 0) is 151 Å². The average molecular weight is 806 g/mol. The van der Waals surface area contributed by atoms with Crippen molar-refractivity contribution < 1.29 is 0 Å². The van der Waals surface area contributed by atoms with E-state index in [0.29, 0.717) is 5.92 Å². The van der Waals surface area contributed by atoms with Crippen LogP contribution in [0.5, 0.6) is 0 Å². The van der Waals surface area contributed by atoms with Crippen molar-refractivity contribution in [2.75, 3.05) is 16.0 Å². The van der Waals surface area contributed by atoms with Crippen LogP contribution < -0.4 is 16.0 Å². The molecular formula is C58H67N3. The second-order valence-electron chi connectivity index (χ2n) is 20.0. The lowest BCUT2D eigenvalue weighted by molar-refractivity contribution is 0.229. The quantitative estimate of drug-likeness (QED) is 0.108. The maximum absolute atomic E-state index is 3.84. The molecule has 0 aliphatic carbocycles. The third-order valence-corrected chi connectivity index (χ3v) is 12.4. The Morgan fingerprint density at radius 1 is 0.475 bits per heavy atom. The van der Waals surface area contributed by atoms with E-state index in [0.717, 1.165) is 30.0 Å². The van der Waals surface area contributed by atoms with Gasteiger partial charge in [-0.15, -0.1) is 0 Å². The summed E-state index contributed by atoms with van der Waals surface area (Å²) in [6.45, 7) is 28.0. The molecule has 0 heterocycles. The van der Waals surface area contributed by atoms with Crippen molar-refractivity contribution in [1.29, 1.82) is 0 Å². The Morgan fingerprint density at radius 3 is 1.36 bits per heavy atom. The Kier molecular flexibility index (Phi) is 12.5. The average Bonchev–Trinajstić information content (AvgIpc) is 3.20. The normalized spacial score (nSPS) is 12.5. The molecule has 0 bridgehead atoms. The van der Waals surface area contributed by atoms with Gasteiger partial charge in [0.15, 0.2) is 0 Å². The summed E-state index contributed by atoms with van der Waals surface area (Å²) in [5.41, 5.74) is 20.2. The summed E-state index contributed by atoms with van der Waals surface area (Å²) >= 11 is 0. The Bertz CT molecular complexity index is 2470. The van der Waals surface area contributed by atoms with E-state index in [-0.39, 0.29) is 16.7 Å². The molecule has 0 aliphatic heterocycles. The Morgan fingerprint density at radius 2 is 0.918 bits per heavy atom. The molecule has 1 atom stereocenters. The van der Waals surface area contributed by atoms with Crippen LogP contribution in [0.2, 0.25) is 0 Å². The van der Waals surface area contributed by atoms with Gasteiger partial charge in [0.2, 0.25) is 0 Å². The van der Waals surface area contributed by atoms with E-state index in [9.17, 15) is 0 Å². The van der Waals surface area contributed by atoms with Gasteiger partial charge in [0, 0.05) is 46.3 Å². The monoisotopic (exact) mass is 806 g/mol. The largest absolute Gasteiger partial charge is 0.380 e. The number of benzene rings is 7. The Balaban J connectivity index is 1.21. The second-order valence-corrected chi connectivity index (χ2v) is 20.0. The minimum atomic E-state index is 0.0177. The van der Waals surface area contributed by atoms with Crippen LogP contribution in [0.25, 0.3) is 10.8 Å². The highest BCUT2D eigenvalue weighted by Gasteiger charge is 2.30. The zero-order valence-electron chi connectivity index (χ0n) is 38.8. The lowest BCUT2D eigenvalue weighted by Crippen LogP contribution is -2.23. The van der Waals surface area contributed by atoms with E-state index in [1.165, 1.54) is 83.3 Å². The van der Waals surface area contributed by atoms with Gasteiger partial charge >= 0.3 is 0 Å². The van der Waals surface area contributed by atoms with Crippen LogP contribution in [0, 0.1) is 52.4 Å². The summed E-state index contributed by atoms with van der Waals surface area (Å²) in [4.78, 5) is 0. The number of aryl methyl sites for hydroxylation is 6. The minimum absolute atomic E-state index is 0.0177. The molecule has 0 fully saturated rings. The number of nitrogens with one attached hydrogen (secondary N) is 3. The third kappa shape index (κ3) is 10.2. The summed E-state index contributed by atoms with van der Waals surface area (Å²) in [5, 5.41) is 13.8. The zero-order valence-corrected chi connectivity index (χ0v) is 38.8. The van der Waals surface area contributed by atoms with Crippen LogP contribution in [0.4, 0.5) is 28.4 Å². The first-order valence-corrected chi connectivity index (χ1v) is 22.2. The van der Waals surface area contributed by atoms with Crippen molar-refractivity contribution in [2.45, 2.75) is 108 Å². The van der Waals surface area contributed by atoms with Crippen LogP contribution >= 0.6 is 0 Å². The van der Waals surface area contributed by atoms with Gasteiger partial charge in [0.25, 0.3) is 0 Å². The zero-order chi connectivity index (χ0) is 43.6. The molecule has 0 saturated heterocycles. The van der Waals surface area contributed by atoms with E-state index in [1.54, 1.807) is 0 Å². The minimum Gasteiger partial charge on any atom is -0.380 e. The molecule has 0 radical (unpaired) electrons. The second kappa shape index (κ2) is 17.7. The first kappa shape index (κ1) is 43.3. The van der Waals surface area contributed by atoms with Crippen LogP contribution in [0.15, 0.2) is 133 Å². The smallest absolute Gasteiger partial charge is 0.0443 e. The summed E-state index contributed by atoms with van der Waals surface area (Å²) in [5.74, 6) is 0.520. The van der Waals surface area contributed by atoms with Gasteiger partial charge in [0.05, 0.1) is 0 Å². The van der Waals surface area contributed by atoms with Gasteiger partial charge in [0.1, 0.15) is 0 Å². The predicted octanol–water partition coefficient (Wildman–Crippen LogP) is 16.5. The molecule has 3 heteroatoms. The van der Waals surface area contributed by atoms with E-state index in [1.807, 2.05) is 0 Å². The van der Waals surface area contributed by atoms with Gasteiger partial charge in [-0.1, -0.05) is 156 Å². The molecular weight excluding hydrogens is 739 g/mol. The molecule has 3 nitrogen and oxygen atoms in total. The number of hydrogen-bond acceptors (Lipinski definition) is 3. The first-order valence-electron chi connectivity index (χ1n) is 22.2. The van der Waals surface area contributed by atoms with Crippen molar-refractivity contribution in [3.63, 3.8) is 0 Å². The number of fused-ring (bicyclic) bond motifs is 1. The first-order chi connectivity index (χ1) is 28.9. The standard InChI is InChI=1S/C58H67N3/c1-37-31-39(3)55(40(4)32-37)60-47-25-21-45(22-26-47)54(46-23-27-48(28-24-46)61-56-41(5)33-38(2)34-42(56)6)51-29-30-53(50-16-14-13-15-49(50)51)59-36-43-17-19-44(20-18-43)52(58(10,11)12)35-57(7,8)9/h13-34,52,54,59-61H,35-36H2,1-12H3. The Hall–Kier alpha value is -5.80. The van der Waals surface area contributed by atoms with Crippen LogP contribution in [0.3, 0.4) is 0 Å². The lowest BCUT2D eigenvalue weighted by Gasteiger charge is -2.36. The Labute approximate surface area is 367 Å². The van der Waals surface area contributed by atoms with E-state index >= 15 is 0 Å². The van der Waals surface area contributed by atoms with E-state index in [2.05, 4.69) is 232 Å². The number of hydrogen-bond donors (Lipinski definition) is 3. The molecule has 1 unspecified atom stereocenters. The lowest BCUT2D eigenvalue weighted by atomic mass is 9.69. The summed E-state index contributed by atoms with van der Waals surface area (Å²) in [6, 6.07) is 50.0. The summed E-state index contributed by atoms with van der Waals surface area (Å²) < 4.78 is 0. The third-order valence-electron chi connectivity index (χ3n) is 12.4. The maximum Gasteiger partial charge on any atom is 0.0443 e. The molecule has 0 spiro atoms. The molecule has 0 amide bonds. The fourth-order valence-electron chi connectivity index (χ4n) is 9.44. The highest BCUT2D eigenvalue weighted by atomic mass is 14.9. The molecule has 0 saturated carbocycles. The van der Waals surface area contributed by atoms with Crippen molar-refractivity contribution in [3.05, 3.63) is 195 Å². The van der Waals surface area contributed by atoms with E-state index in [4.69, 9.17) is 0 Å². The van der Waals surface area contributed by atoms with Crippen molar-refractivity contribution in [2.24, 2.45) is 10.8 Å². The molecule has 3 N–H and O–H groups in total. The van der Waals surface area contributed by atoms with Crippen LogP contribution in [0.1, 0.15) is 121 Å². The molecule has 314 valence electrons. The molecule has 0 aromatic heterocycles. The summed E-state index contributed by atoms with van der Waals surface area (Å²) in [7, 11) is 0. The van der Waals surface area contributed by atoms with Crippen molar-refractivity contribution in [3.8, 4) is 0 Å². The topological polar surface area (TPSA) is 36.1 Å². The molecule has 0 aliphatic rings. The van der Waals surface area contributed by atoms with Gasteiger partial charge in [-0.2, -0.15) is 0 Å². The van der Waals surface area contributed by atoms with Gasteiger partial charge in [-0.25, -0.2) is 0 Å². The van der Waals surface area contributed by atoms with E-state index < -0.39 is 0 Å². The predicted molar refractivity (Wildman–Crippen MR) is 266 cm³/mol. The number of rotatable bonds is 12. The van der Waals surface area contributed by atoms with Gasteiger partial charge < -0.3 is 16.0 Å².